The molecule has 6 nitrogen and oxygen atoms in total. The molecule has 0 aliphatic rings. The van der Waals surface area contributed by atoms with Crippen molar-refractivity contribution in [1.29, 1.82) is 0 Å². The molecule has 2 aromatic heterocycles. The first-order chi connectivity index (χ1) is 14.3. The van der Waals surface area contributed by atoms with Gasteiger partial charge in [0.05, 0.1) is 18.5 Å². The standard InChI is InChI=1S/C22H20N4O2S/c27-21(23-12-7-13-28-19-10-5-2-6-11-19)20-16-29-22(25-20)17-14-24-26(15-17)18-8-3-1-4-9-18/h1-6,8-11,14-16H,7,12-13H2,(H,23,27). The van der Waals surface area contributed by atoms with Crippen molar-refractivity contribution in [2.75, 3.05) is 13.2 Å². The molecular weight excluding hydrogens is 384 g/mol. The molecule has 4 rings (SSSR count). The fourth-order valence-corrected chi connectivity index (χ4v) is 3.51. The predicted molar refractivity (Wildman–Crippen MR) is 114 cm³/mol. The number of nitrogens with zero attached hydrogens (tertiary/aromatic N) is 3. The maximum absolute atomic E-state index is 12.3. The van der Waals surface area contributed by atoms with Crippen molar-refractivity contribution in [3.05, 3.63) is 84.1 Å². The van der Waals surface area contributed by atoms with Crippen molar-refractivity contribution >= 4 is 17.2 Å². The van der Waals surface area contributed by atoms with Crippen molar-refractivity contribution < 1.29 is 9.53 Å². The van der Waals surface area contributed by atoms with Gasteiger partial charge in [-0.15, -0.1) is 11.3 Å². The van der Waals surface area contributed by atoms with Gasteiger partial charge in [-0.2, -0.15) is 5.10 Å². The Labute approximate surface area is 172 Å². The molecule has 0 spiro atoms. The number of rotatable bonds is 8. The van der Waals surface area contributed by atoms with E-state index in [4.69, 9.17) is 4.74 Å². The van der Waals surface area contributed by atoms with Crippen LogP contribution >= 0.6 is 11.3 Å². The minimum absolute atomic E-state index is 0.178. The van der Waals surface area contributed by atoms with E-state index in [-0.39, 0.29) is 5.91 Å². The third kappa shape index (κ3) is 4.89. The second kappa shape index (κ2) is 9.16. The van der Waals surface area contributed by atoms with Gasteiger partial charge in [0.25, 0.3) is 5.91 Å². The van der Waals surface area contributed by atoms with Crippen LogP contribution in [0.4, 0.5) is 0 Å². The molecule has 1 amide bonds. The van der Waals surface area contributed by atoms with Crippen LogP contribution in [0.5, 0.6) is 5.75 Å². The average Bonchev–Trinajstić information content (AvgIpc) is 3.45. The molecule has 0 aliphatic heterocycles. The highest BCUT2D eigenvalue weighted by atomic mass is 32.1. The third-order valence-corrected chi connectivity index (χ3v) is 5.10. The largest absolute Gasteiger partial charge is 0.494 e. The van der Waals surface area contributed by atoms with Gasteiger partial charge >= 0.3 is 0 Å². The number of thiazole rings is 1. The zero-order chi connectivity index (χ0) is 19.9. The van der Waals surface area contributed by atoms with Gasteiger partial charge in [0.2, 0.25) is 0 Å². The molecule has 0 atom stereocenters. The summed E-state index contributed by atoms with van der Waals surface area (Å²) < 4.78 is 7.41. The second-order valence-electron chi connectivity index (χ2n) is 6.32. The molecular formula is C22H20N4O2S. The summed E-state index contributed by atoms with van der Waals surface area (Å²) in [5.41, 5.74) is 2.28. The highest BCUT2D eigenvalue weighted by Gasteiger charge is 2.13. The molecule has 4 aromatic rings. The van der Waals surface area contributed by atoms with E-state index in [0.29, 0.717) is 18.8 Å². The maximum Gasteiger partial charge on any atom is 0.270 e. The molecule has 0 fully saturated rings. The second-order valence-corrected chi connectivity index (χ2v) is 7.18. The summed E-state index contributed by atoms with van der Waals surface area (Å²) in [5.74, 6) is 0.654. The topological polar surface area (TPSA) is 69.0 Å². The number of hydrogen-bond acceptors (Lipinski definition) is 5. The molecule has 29 heavy (non-hydrogen) atoms. The number of amides is 1. The number of carbonyl (C=O) groups excluding carboxylic acids is 1. The van der Waals surface area contributed by atoms with Crippen LogP contribution in [0.3, 0.4) is 0 Å². The number of ether oxygens (including phenoxy) is 1. The molecule has 0 saturated heterocycles. The van der Waals surface area contributed by atoms with Gasteiger partial charge in [-0.1, -0.05) is 36.4 Å². The summed E-state index contributed by atoms with van der Waals surface area (Å²) in [6, 6.07) is 19.5. The SMILES string of the molecule is O=C(NCCCOc1ccccc1)c1csc(-c2cnn(-c3ccccc3)c2)n1. The lowest BCUT2D eigenvalue weighted by Gasteiger charge is -2.06. The smallest absolute Gasteiger partial charge is 0.270 e. The van der Waals surface area contributed by atoms with E-state index in [1.807, 2.05) is 66.9 Å². The van der Waals surface area contributed by atoms with Crippen LogP contribution in [0.2, 0.25) is 0 Å². The van der Waals surface area contributed by atoms with Gasteiger partial charge in [-0.05, 0) is 30.7 Å². The number of aromatic nitrogens is 3. The van der Waals surface area contributed by atoms with E-state index < -0.39 is 0 Å². The summed E-state index contributed by atoms with van der Waals surface area (Å²) in [7, 11) is 0. The van der Waals surface area contributed by atoms with Gasteiger partial charge in [0.1, 0.15) is 16.5 Å². The Morgan fingerprint density at radius 2 is 1.83 bits per heavy atom. The first kappa shape index (κ1) is 18.9. The van der Waals surface area contributed by atoms with Crippen molar-refractivity contribution in [1.82, 2.24) is 20.1 Å². The van der Waals surface area contributed by atoms with E-state index in [9.17, 15) is 4.79 Å². The molecule has 2 heterocycles. The maximum atomic E-state index is 12.3. The zero-order valence-electron chi connectivity index (χ0n) is 15.7. The minimum atomic E-state index is -0.178. The first-order valence-corrected chi connectivity index (χ1v) is 10.2. The van der Waals surface area contributed by atoms with E-state index >= 15 is 0 Å². The average molecular weight is 404 g/mol. The molecule has 1 N–H and O–H groups in total. The molecule has 146 valence electrons. The van der Waals surface area contributed by atoms with E-state index in [1.165, 1.54) is 11.3 Å². The normalized spacial score (nSPS) is 10.6. The monoisotopic (exact) mass is 404 g/mol. The Kier molecular flexibility index (Phi) is 5.97. The number of hydrogen-bond donors (Lipinski definition) is 1. The van der Waals surface area contributed by atoms with Gasteiger partial charge in [-0.25, -0.2) is 9.67 Å². The summed E-state index contributed by atoms with van der Waals surface area (Å²) >= 11 is 1.43. The molecule has 7 heteroatoms. The number of para-hydroxylation sites is 2. The molecule has 0 aliphatic carbocycles. The Bertz CT molecular complexity index is 1060. The van der Waals surface area contributed by atoms with Crippen molar-refractivity contribution in [3.63, 3.8) is 0 Å². The molecule has 2 aromatic carbocycles. The summed E-state index contributed by atoms with van der Waals surface area (Å²) in [4.78, 5) is 16.8. The Balaban J connectivity index is 1.28. The van der Waals surface area contributed by atoms with Gasteiger partial charge < -0.3 is 10.1 Å². The summed E-state index contributed by atoms with van der Waals surface area (Å²) in [6.07, 6.45) is 4.40. The Morgan fingerprint density at radius 1 is 1.07 bits per heavy atom. The van der Waals surface area contributed by atoms with Crippen LogP contribution in [-0.4, -0.2) is 33.8 Å². The lowest BCUT2D eigenvalue weighted by atomic mass is 10.3. The predicted octanol–water partition coefficient (Wildman–Crippen LogP) is 4.19. The van der Waals surface area contributed by atoms with Crippen LogP contribution in [0, 0.1) is 0 Å². The molecule has 0 bridgehead atoms. The van der Waals surface area contributed by atoms with Crippen molar-refractivity contribution in [2.45, 2.75) is 6.42 Å². The quantitative estimate of drug-likeness (QED) is 0.447. The van der Waals surface area contributed by atoms with E-state index in [0.717, 1.165) is 28.4 Å². The first-order valence-electron chi connectivity index (χ1n) is 9.31. The van der Waals surface area contributed by atoms with Gasteiger partial charge in [0.15, 0.2) is 0 Å². The lowest BCUT2D eigenvalue weighted by molar-refractivity contribution is 0.0947. The lowest BCUT2D eigenvalue weighted by Crippen LogP contribution is -2.25. The molecule has 0 saturated carbocycles. The summed E-state index contributed by atoms with van der Waals surface area (Å²) in [5, 5.41) is 9.80. The van der Waals surface area contributed by atoms with Crippen LogP contribution in [0.15, 0.2) is 78.4 Å². The number of carbonyl (C=O) groups is 1. The summed E-state index contributed by atoms with van der Waals surface area (Å²) in [6.45, 7) is 1.08. The van der Waals surface area contributed by atoms with Crippen LogP contribution < -0.4 is 10.1 Å². The molecule has 0 radical (unpaired) electrons. The van der Waals surface area contributed by atoms with Crippen LogP contribution in [0.25, 0.3) is 16.3 Å². The highest BCUT2D eigenvalue weighted by Crippen LogP contribution is 2.24. The van der Waals surface area contributed by atoms with Crippen molar-refractivity contribution in [3.8, 4) is 22.0 Å². The number of benzene rings is 2. The van der Waals surface area contributed by atoms with E-state index in [1.54, 1.807) is 16.3 Å². The number of nitrogens with one attached hydrogen (secondary N) is 1. The Hall–Kier alpha value is -3.45. The molecule has 0 unspecified atom stereocenters. The highest BCUT2D eigenvalue weighted by molar-refractivity contribution is 7.13. The zero-order valence-corrected chi connectivity index (χ0v) is 16.5. The third-order valence-electron chi connectivity index (χ3n) is 4.21. The van der Waals surface area contributed by atoms with Crippen LogP contribution in [0.1, 0.15) is 16.9 Å². The Morgan fingerprint density at radius 3 is 2.62 bits per heavy atom. The van der Waals surface area contributed by atoms with Crippen LogP contribution in [-0.2, 0) is 0 Å². The fraction of sp³-hybridized carbons (Fsp3) is 0.136. The fourth-order valence-electron chi connectivity index (χ4n) is 2.74. The van der Waals surface area contributed by atoms with E-state index in [2.05, 4.69) is 15.4 Å². The van der Waals surface area contributed by atoms with Gasteiger partial charge in [0, 0.05) is 23.7 Å². The van der Waals surface area contributed by atoms with Crippen molar-refractivity contribution in [2.24, 2.45) is 0 Å². The van der Waals surface area contributed by atoms with Gasteiger partial charge in [-0.3, -0.25) is 4.79 Å². The minimum Gasteiger partial charge on any atom is -0.494 e.